The van der Waals surface area contributed by atoms with Crippen molar-refractivity contribution in [3.63, 3.8) is 0 Å². The second kappa shape index (κ2) is 6.34. The standard InChI is InChI=1S/C17H23FN2O2/c1-10-5-7-12-13(3-2-4-14(12)18)16(10)20-17(21)15-8-6-11(9-19)22-15/h2-4,10-11,15-16H,5-9,19H2,1H3,(H,20,21)/t10?,11-,15+,16?/m1/s1. The fraction of sp³-hybridized carbons (Fsp3) is 0.588. The summed E-state index contributed by atoms with van der Waals surface area (Å²) in [5, 5.41) is 3.07. The lowest BCUT2D eigenvalue weighted by Gasteiger charge is -2.33. The van der Waals surface area contributed by atoms with E-state index in [-0.39, 0.29) is 29.8 Å². The van der Waals surface area contributed by atoms with Gasteiger partial charge in [0.2, 0.25) is 5.91 Å². The van der Waals surface area contributed by atoms with Crippen molar-refractivity contribution in [2.45, 2.75) is 50.9 Å². The fourth-order valence-electron chi connectivity index (χ4n) is 3.51. The van der Waals surface area contributed by atoms with Gasteiger partial charge in [-0.2, -0.15) is 0 Å². The van der Waals surface area contributed by atoms with Gasteiger partial charge in [0.15, 0.2) is 0 Å². The summed E-state index contributed by atoms with van der Waals surface area (Å²) >= 11 is 0. The molecule has 1 saturated heterocycles. The van der Waals surface area contributed by atoms with Gasteiger partial charge < -0.3 is 15.8 Å². The van der Waals surface area contributed by atoms with Crippen LogP contribution in [0.4, 0.5) is 4.39 Å². The molecule has 4 atom stereocenters. The van der Waals surface area contributed by atoms with Crippen molar-refractivity contribution in [3.05, 3.63) is 35.1 Å². The summed E-state index contributed by atoms with van der Waals surface area (Å²) in [5.74, 6) is -0.00108. The average molecular weight is 306 g/mol. The van der Waals surface area contributed by atoms with Gasteiger partial charge in [-0.1, -0.05) is 19.1 Å². The number of benzene rings is 1. The minimum absolute atomic E-state index is 0.0238. The number of carbonyl (C=O) groups excluding carboxylic acids is 1. The van der Waals surface area contributed by atoms with Gasteiger partial charge in [-0.15, -0.1) is 0 Å². The molecular weight excluding hydrogens is 283 g/mol. The van der Waals surface area contributed by atoms with E-state index in [9.17, 15) is 9.18 Å². The lowest BCUT2D eigenvalue weighted by molar-refractivity contribution is -0.133. The molecule has 2 unspecified atom stereocenters. The first-order valence-corrected chi connectivity index (χ1v) is 8.03. The maximum Gasteiger partial charge on any atom is 0.249 e. The highest BCUT2D eigenvalue weighted by atomic mass is 19.1. The van der Waals surface area contributed by atoms with E-state index in [1.54, 1.807) is 6.07 Å². The van der Waals surface area contributed by atoms with Crippen molar-refractivity contribution in [3.8, 4) is 0 Å². The number of hydrogen-bond acceptors (Lipinski definition) is 3. The summed E-state index contributed by atoms with van der Waals surface area (Å²) in [6.45, 7) is 2.54. The molecule has 1 aromatic carbocycles. The van der Waals surface area contributed by atoms with E-state index in [2.05, 4.69) is 12.2 Å². The van der Waals surface area contributed by atoms with Crippen molar-refractivity contribution in [2.24, 2.45) is 11.7 Å². The zero-order valence-electron chi connectivity index (χ0n) is 12.8. The quantitative estimate of drug-likeness (QED) is 0.898. The predicted octanol–water partition coefficient (Wildman–Crippen LogP) is 2.07. The van der Waals surface area contributed by atoms with E-state index in [0.29, 0.717) is 13.0 Å². The van der Waals surface area contributed by atoms with Crippen molar-refractivity contribution >= 4 is 5.91 Å². The van der Waals surface area contributed by atoms with Gasteiger partial charge in [-0.3, -0.25) is 4.79 Å². The summed E-state index contributed by atoms with van der Waals surface area (Å²) in [7, 11) is 0. The predicted molar refractivity (Wildman–Crippen MR) is 81.7 cm³/mol. The Hall–Kier alpha value is -1.46. The number of nitrogens with one attached hydrogen (secondary N) is 1. The number of rotatable bonds is 3. The smallest absolute Gasteiger partial charge is 0.249 e. The Kier molecular flexibility index (Phi) is 4.45. The summed E-state index contributed by atoms with van der Waals surface area (Å²) in [6, 6.07) is 4.96. The van der Waals surface area contributed by atoms with E-state index in [4.69, 9.17) is 10.5 Å². The third-order valence-electron chi connectivity index (χ3n) is 4.87. The van der Waals surface area contributed by atoms with Crippen molar-refractivity contribution < 1.29 is 13.9 Å². The maximum atomic E-state index is 14.0. The monoisotopic (exact) mass is 306 g/mol. The number of nitrogens with two attached hydrogens (primary N) is 1. The van der Waals surface area contributed by atoms with Crippen LogP contribution < -0.4 is 11.1 Å². The molecule has 3 N–H and O–H groups in total. The summed E-state index contributed by atoms with van der Waals surface area (Å²) in [6.07, 6.45) is 2.66. The van der Waals surface area contributed by atoms with Crippen LogP contribution in [0.25, 0.3) is 0 Å². The van der Waals surface area contributed by atoms with Crippen LogP contribution in [-0.4, -0.2) is 24.7 Å². The highest BCUT2D eigenvalue weighted by molar-refractivity contribution is 5.81. The molecule has 22 heavy (non-hydrogen) atoms. The van der Waals surface area contributed by atoms with Gasteiger partial charge in [-0.25, -0.2) is 4.39 Å². The Balaban J connectivity index is 1.75. The van der Waals surface area contributed by atoms with Crippen LogP contribution in [0, 0.1) is 11.7 Å². The molecule has 3 rings (SSSR count). The topological polar surface area (TPSA) is 64.4 Å². The molecule has 1 aliphatic heterocycles. The van der Waals surface area contributed by atoms with Gasteiger partial charge in [0.05, 0.1) is 12.1 Å². The first kappa shape index (κ1) is 15.4. The van der Waals surface area contributed by atoms with Crippen LogP contribution in [-0.2, 0) is 16.0 Å². The number of carbonyl (C=O) groups is 1. The molecule has 0 aromatic heterocycles. The van der Waals surface area contributed by atoms with E-state index >= 15 is 0 Å². The Morgan fingerprint density at radius 1 is 1.41 bits per heavy atom. The van der Waals surface area contributed by atoms with Crippen LogP contribution in [0.3, 0.4) is 0 Å². The van der Waals surface area contributed by atoms with E-state index in [1.165, 1.54) is 6.07 Å². The molecule has 1 aliphatic carbocycles. The van der Waals surface area contributed by atoms with Gasteiger partial charge >= 0.3 is 0 Å². The zero-order chi connectivity index (χ0) is 15.7. The maximum absolute atomic E-state index is 14.0. The van der Waals surface area contributed by atoms with Crippen LogP contribution in [0.2, 0.25) is 0 Å². The molecule has 120 valence electrons. The molecule has 1 amide bonds. The third-order valence-corrected chi connectivity index (χ3v) is 4.87. The fourth-order valence-corrected chi connectivity index (χ4v) is 3.51. The van der Waals surface area contributed by atoms with Gasteiger partial charge in [-0.05, 0) is 48.8 Å². The number of fused-ring (bicyclic) bond motifs is 1. The van der Waals surface area contributed by atoms with Crippen molar-refractivity contribution in [2.75, 3.05) is 6.54 Å². The third kappa shape index (κ3) is 2.88. The highest BCUT2D eigenvalue weighted by Crippen LogP contribution is 2.35. The minimum Gasteiger partial charge on any atom is -0.364 e. The lowest BCUT2D eigenvalue weighted by Crippen LogP contribution is -2.41. The molecule has 1 fully saturated rings. The van der Waals surface area contributed by atoms with Crippen LogP contribution in [0.15, 0.2) is 18.2 Å². The molecule has 4 nitrogen and oxygen atoms in total. The summed E-state index contributed by atoms with van der Waals surface area (Å²) in [4.78, 5) is 12.4. The second-order valence-electron chi connectivity index (χ2n) is 6.37. The Labute approximate surface area is 130 Å². The van der Waals surface area contributed by atoms with Gasteiger partial charge in [0.1, 0.15) is 11.9 Å². The molecule has 0 saturated carbocycles. The van der Waals surface area contributed by atoms with Crippen LogP contribution >= 0.6 is 0 Å². The SMILES string of the molecule is CC1CCc2c(F)cccc2C1NC(=O)[C@@H]1CC[C@H](CN)O1. The van der Waals surface area contributed by atoms with Crippen LogP contribution in [0.5, 0.6) is 0 Å². The first-order valence-electron chi connectivity index (χ1n) is 8.03. The van der Waals surface area contributed by atoms with Gasteiger partial charge in [0.25, 0.3) is 0 Å². The highest BCUT2D eigenvalue weighted by Gasteiger charge is 2.34. The van der Waals surface area contributed by atoms with Crippen molar-refractivity contribution in [1.29, 1.82) is 0 Å². The molecule has 1 heterocycles. The van der Waals surface area contributed by atoms with E-state index in [0.717, 1.165) is 30.4 Å². The molecule has 0 bridgehead atoms. The number of ether oxygens (including phenoxy) is 1. The largest absolute Gasteiger partial charge is 0.364 e. The first-order chi connectivity index (χ1) is 10.6. The van der Waals surface area contributed by atoms with E-state index in [1.807, 2.05) is 6.07 Å². The van der Waals surface area contributed by atoms with Crippen LogP contribution in [0.1, 0.15) is 43.4 Å². The molecule has 2 aliphatic rings. The second-order valence-corrected chi connectivity index (χ2v) is 6.37. The van der Waals surface area contributed by atoms with Crippen molar-refractivity contribution in [1.82, 2.24) is 5.32 Å². The average Bonchev–Trinajstić information content (AvgIpc) is 2.99. The molecule has 0 spiro atoms. The van der Waals surface area contributed by atoms with Gasteiger partial charge in [0, 0.05) is 6.54 Å². The summed E-state index contributed by atoms with van der Waals surface area (Å²) < 4.78 is 19.6. The minimum atomic E-state index is -0.431. The molecule has 1 aromatic rings. The zero-order valence-corrected chi connectivity index (χ0v) is 12.8. The lowest BCUT2D eigenvalue weighted by atomic mass is 9.80. The molecular formula is C17H23FN2O2. The van der Waals surface area contributed by atoms with E-state index < -0.39 is 6.10 Å². The number of hydrogen-bond donors (Lipinski definition) is 2. The Morgan fingerprint density at radius 2 is 2.23 bits per heavy atom. The normalized spacial score (nSPS) is 30.9. The Morgan fingerprint density at radius 3 is 2.95 bits per heavy atom. The molecule has 0 radical (unpaired) electrons. The number of amides is 1. The Bertz CT molecular complexity index is 564. The molecule has 5 heteroatoms. The number of halogens is 1. The summed E-state index contributed by atoms with van der Waals surface area (Å²) in [5.41, 5.74) is 7.22.